The normalized spacial score (nSPS) is 11.3. The number of nitrogens with zero attached hydrogens (tertiary/aromatic N) is 5. The second-order valence-electron chi connectivity index (χ2n) is 4.62. The molecule has 118 valence electrons. The summed E-state index contributed by atoms with van der Waals surface area (Å²) in [5.74, 6) is 1.63. The molecule has 0 aliphatic rings. The maximum atomic E-state index is 5.83. The molecule has 0 unspecified atom stereocenters. The van der Waals surface area contributed by atoms with E-state index in [0.717, 1.165) is 18.7 Å². The van der Waals surface area contributed by atoms with Crippen LogP contribution in [0.3, 0.4) is 0 Å². The lowest BCUT2D eigenvalue weighted by molar-refractivity contribution is 0.785. The third-order valence-electron chi connectivity index (χ3n) is 3.35. The highest BCUT2D eigenvalue weighted by molar-refractivity contribution is 6.17. The second-order valence-corrected chi connectivity index (χ2v) is 5.15. The number of benzene rings is 1. The predicted octanol–water partition coefficient (Wildman–Crippen LogP) is 3.48. The van der Waals surface area contributed by atoms with Gasteiger partial charge in [0.2, 0.25) is 0 Å². The summed E-state index contributed by atoms with van der Waals surface area (Å²) in [6.45, 7) is 6.27. The molecule has 0 bridgehead atoms. The zero-order chi connectivity index (χ0) is 15.9. The zero-order valence-electron chi connectivity index (χ0n) is 12.7. The minimum absolute atomic E-state index is 0.238. The van der Waals surface area contributed by atoms with Gasteiger partial charge in [-0.05, 0) is 31.5 Å². The molecule has 1 aromatic heterocycles. The van der Waals surface area contributed by atoms with E-state index in [0.29, 0.717) is 11.6 Å². The number of alkyl halides is 2. The molecular formula is C15H19Cl2N5. The predicted molar refractivity (Wildman–Crippen MR) is 92.1 cm³/mol. The average Bonchev–Trinajstić information content (AvgIpc) is 2.97. The van der Waals surface area contributed by atoms with E-state index in [1.165, 1.54) is 5.69 Å². The number of aromatic nitrogens is 3. The Hall–Kier alpha value is -1.59. The van der Waals surface area contributed by atoms with E-state index in [2.05, 4.69) is 46.2 Å². The van der Waals surface area contributed by atoms with E-state index in [9.17, 15) is 0 Å². The van der Waals surface area contributed by atoms with Gasteiger partial charge in [0.1, 0.15) is 0 Å². The fourth-order valence-electron chi connectivity index (χ4n) is 2.13. The van der Waals surface area contributed by atoms with Gasteiger partial charge in [-0.25, -0.2) is 0 Å². The highest BCUT2D eigenvalue weighted by Gasteiger charge is 2.09. The summed E-state index contributed by atoms with van der Waals surface area (Å²) in [4.78, 5) is 2.29. The molecule has 0 atom stereocenters. The van der Waals surface area contributed by atoms with Crippen LogP contribution in [0, 0.1) is 0 Å². The Morgan fingerprint density at radius 2 is 1.59 bits per heavy atom. The molecule has 0 spiro atoms. The van der Waals surface area contributed by atoms with Crippen molar-refractivity contribution in [3.8, 4) is 0 Å². The van der Waals surface area contributed by atoms with Crippen molar-refractivity contribution in [2.45, 2.75) is 25.6 Å². The molecule has 0 amide bonds. The van der Waals surface area contributed by atoms with Crippen LogP contribution in [-0.2, 0) is 11.8 Å². The van der Waals surface area contributed by atoms with E-state index in [4.69, 9.17) is 23.2 Å². The molecule has 0 N–H and O–H groups in total. The third-order valence-corrected chi connectivity index (χ3v) is 3.83. The Bertz CT molecular complexity index is 596. The van der Waals surface area contributed by atoms with E-state index in [-0.39, 0.29) is 11.8 Å². The SMILES string of the molecule is CCN(CC)c1ccc(/C=N/n2c(CCl)nnc2CCl)cc1. The lowest BCUT2D eigenvalue weighted by Gasteiger charge is -2.20. The molecule has 0 aliphatic heterocycles. The maximum Gasteiger partial charge on any atom is 0.169 e. The van der Waals surface area contributed by atoms with Crippen molar-refractivity contribution >= 4 is 35.1 Å². The summed E-state index contributed by atoms with van der Waals surface area (Å²) in [7, 11) is 0. The molecule has 0 saturated carbocycles. The molecule has 22 heavy (non-hydrogen) atoms. The van der Waals surface area contributed by atoms with Gasteiger partial charge in [0, 0.05) is 18.8 Å². The summed E-state index contributed by atoms with van der Waals surface area (Å²) >= 11 is 11.7. The van der Waals surface area contributed by atoms with Crippen LogP contribution in [0.2, 0.25) is 0 Å². The molecular weight excluding hydrogens is 321 g/mol. The Morgan fingerprint density at radius 1 is 1.05 bits per heavy atom. The van der Waals surface area contributed by atoms with Gasteiger partial charge < -0.3 is 4.90 Å². The number of halogens is 2. The molecule has 0 fully saturated rings. The van der Waals surface area contributed by atoms with Crippen molar-refractivity contribution in [2.75, 3.05) is 18.0 Å². The molecule has 2 rings (SSSR count). The fraction of sp³-hybridized carbons (Fsp3) is 0.400. The lowest BCUT2D eigenvalue weighted by atomic mass is 10.2. The van der Waals surface area contributed by atoms with Gasteiger partial charge in [0.15, 0.2) is 11.6 Å². The zero-order valence-corrected chi connectivity index (χ0v) is 14.2. The van der Waals surface area contributed by atoms with E-state index in [1.807, 2.05) is 12.1 Å². The van der Waals surface area contributed by atoms with Crippen LogP contribution < -0.4 is 4.90 Å². The minimum atomic E-state index is 0.238. The van der Waals surface area contributed by atoms with Gasteiger partial charge in [-0.3, -0.25) is 0 Å². The standard InChI is InChI=1S/C15H19Cl2N5/c1-3-21(4-2)13-7-5-12(6-8-13)11-18-22-14(9-16)19-20-15(22)10-17/h5-8,11H,3-4,9-10H2,1-2H3/b18-11+. The second kappa shape index (κ2) is 8.15. The Labute approximate surface area is 140 Å². The van der Waals surface area contributed by atoms with E-state index >= 15 is 0 Å². The first kappa shape index (κ1) is 16.8. The van der Waals surface area contributed by atoms with Crippen molar-refractivity contribution in [3.63, 3.8) is 0 Å². The Kier molecular flexibility index (Phi) is 6.21. The highest BCUT2D eigenvalue weighted by atomic mass is 35.5. The molecule has 2 aromatic rings. The number of hydrogen-bond donors (Lipinski definition) is 0. The fourth-order valence-corrected chi connectivity index (χ4v) is 2.47. The minimum Gasteiger partial charge on any atom is -0.372 e. The summed E-state index contributed by atoms with van der Waals surface area (Å²) in [5.41, 5.74) is 2.19. The topological polar surface area (TPSA) is 46.3 Å². The first-order chi connectivity index (χ1) is 10.7. The van der Waals surface area contributed by atoms with Crippen molar-refractivity contribution in [1.29, 1.82) is 0 Å². The first-order valence-corrected chi connectivity index (χ1v) is 8.24. The maximum absolute atomic E-state index is 5.83. The van der Waals surface area contributed by atoms with Crippen LogP contribution in [0.15, 0.2) is 29.4 Å². The summed E-state index contributed by atoms with van der Waals surface area (Å²) < 4.78 is 1.58. The van der Waals surface area contributed by atoms with E-state index in [1.54, 1.807) is 10.9 Å². The molecule has 5 nitrogen and oxygen atoms in total. The first-order valence-electron chi connectivity index (χ1n) is 7.17. The molecule has 1 aromatic carbocycles. The average molecular weight is 340 g/mol. The summed E-state index contributed by atoms with van der Waals surface area (Å²) in [5, 5.41) is 12.3. The van der Waals surface area contributed by atoms with Gasteiger partial charge in [-0.2, -0.15) is 9.78 Å². The van der Waals surface area contributed by atoms with Gasteiger partial charge in [0.05, 0.1) is 18.0 Å². The van der Waals surface area contributed by atoms with Crippen LogP contribution in [0.4, 0.5) is 5.69 Å². The van der Waals surface area contributed by atoms with Gasteiger partial charge in [-0.1, -0.05) is 12.1 Å². The smallest absolute Gasteiger partial charge is 0.169 e. The van der Waals surface area contributed by atoms with Crippen LogP contribution >= 0.6 is 23.2 Å². The van der Waals surface area contributed by atoms with Crippen LogP contribution in [0.1, 0.15) is 31.1 Å². The molecule has 1 heterocycles. The van der Waals surface area contributed by atoms with Crippen LogP contribution in [0.5, 0.6) is 0 Å². The number of hydrogen-bond acceptors (Lipinski definition) is 4. The van der Waals surface area contributed by atoms with Crippen molar-refractivity contribution in [1.82, 2.24) is 14.9 Å². The monoisotopic (exact) mass is 339 g/mol. The molecule has 0 saturated heterocycles. The summed E-state index contributed by atoms with van der Waals surface area (Å²) in [6, 6.07) is 8.24. The van der Waals surface area contributed by atoms with E-state index < -0.39 is 0 Å². The Balaban J connectivity index is 2.18. The van der Waals surface area contributed by atoms with Gasteiger partial charge in [0.25, 0.3) is 0 Å². The van der Waals surface area contributed by atoms with Crippen LogP contribution in [-0.4, -0.2) is 34.2 Å². The molecule has 7 heteroatoms. The third kappa shape index (κ3) is 3.78. The number of rotatable bonds is 7. The molecule has 0 aliphatic carbocycles. The van der Waals surface area contributed by atoms with Crippen molar-refractivity contribution < 1.29 is 0 Å². The summed E-state index contributed by atoms with van der Waals surface area (Å²) in [6.07, 6.45) is 1.75. The van der Waals surface area contributed by atoms with Crippen molar-refractivity contribution in [3.05, 3.63) is 41.5 Å². The number of anilines is 1. The largest absolute Gasteiger partial charge is 0.372 e. The van der Waals surface area contributed by atoms with Gasteiger partial charge >= 0.3 is 0 Å². The van der Waals surface area contributed by atoms with Gasteiger partial charge in [-0.15, -0.1) is 33.4 Å². The Morgan fingerprint density at radius 3 is 2.05 bits per heavy atom. The highest BCUT2D eigenvalue weighted by Crippen LogP contribution is 2.14. The molecule has 0 radical (unpaired) electrons. The van der Waals surface area contributed by atoms with Crippen molar-refractivity contribution in [2.24, 2.45) is 5.10 Å². The quantitative estimate of drug-likeness (QED) is 0.573. The van der Waals surface area contributed by atoms with Crippen LogP contribution in [0.25, 0.3) is 0 Å². The lowest BCUT2D eigenvalue weighted by Crippen LogP contribution is -2.21.